The summed E-state index contributed by atoms with van der Waals surface area (Å²) < 4.78 is 0. The van der Waals surface area contributed by atoms with Crippen molar-refractivity contribution in [3.05, 3.63) is 30.3 Å². The Morgan fingerprint density at radius 1 is 1.17 bits per heavy atom. The van der Waals surface area contributed by atoms with Gasteiger partial charge >= 0.3 is 0 Å². The second-order valence-electron chi connectivity index (χ2n) is 6.30. The molecule has 2 rings (SSSR count). The van der Waals surface area contributed by atoms with Gasteiger partial charge in [-0.15, -0.1) is 0 Å². The SMILES string of the molecule is CCC(/C=N\NC(=O)CCN1CCN(c2ccccc2)CC1)CC. The number of anilines is 1. The number of hydrogen-bond acceptors (Lipinski definition) is 4. The maximum atomic E-state index is 11.9. The topological polar surface area (TPSA) is 47.9 Å². The molecule has 0 bridgehead atoms. The van der Waals surface area contributed by atoms with Crippen molar-refractivity contribution in [1.82, 2.24) is 10.3 Å². The Morgan fingerprint density at radius 3 is 2.46 bits per heavy atom. The van der Waals surface area contributed by atoms with E-state index in [1.807, 2.05) is 12.3 Å². The van der Waals surface area contributed by atoms with E-state index in [1.54, 1.807) is 0 Å². The molecule has 1 heterocycles. The van der Waals surface area contributed by atoms with E-state index in [9.17, 15) is 4.79 Å². The van der Waals surface area contributed by atoms with E-state index in [2.05, 4.69) is 58.4 Å². The molecule has 5 nitrogen and oxygen atoms in total. The number of rotatable bonds is 8. The lowest BCUT2D eigenvalue weighted by Gasteiger charge is -2.36. The van der Waals surface area contributed by atoms with Crippen molar-refractivity contribution in [2.75, 3.05) is 37.6 Å². The summed E-state index contributed by atoms with van der Waals surface area (Å²) in [6.45, 7) is 9.10. The summed E-state index contributed by atoms with van der Waals surface area (Å²) in [7, 11) is 0. The van der Waals surface area contributed by atoms with Gasteiger partial charge in [0.15, 0.2) is 0 Å². The highest BCUT2D eigenvalue weighted by molar-refractivity contribution is 5.77. The zero-order chi connectivity index (χ0) is 17.2. The summed E-state index contributed by atoms with van der Waals surface area (Å²) in [5.74, 6) is 0.457. The fourth-order valence-corrected chi connectivity index (χ4v) is 2.90. The standard InChI is InChI=1S/C19H30N4O/c1-3-17(4-2)16-20-21-19(24)10-11-22-12-14-23(15-13-22)18-8-6-5-7-9-18/h5-9,16-17H,3-4,10-15H2,1-2H3,(H,21,24)/b20-16-. The predicted molar refractivity (Wildman–Crippen MR) is 100 cm³/mol. The summed E-state index contributed by atoms with van der Waals surface area (Å²) in [5.41, 5.74) is 3.93. The first kappa shape index (κ1) is 18.5. The molecule has 0 unspecified atom stereocenters. The number of amides is 1. The van der Waals surface area contributed by atoms with E-state index in [4.69, 9.17) is 0 Å². The molecule has 0 saturated carbocycles. The van der Waals surface area contributed by atoms with Crippen LogP contribution >= 0.6 is 0 Å². The molecule has 0 aromatic heterocycles. The molecule has 1 aromatic rings. The molecule has 132 valence electrons. The second kappa shape index (κ2) is 10.1. The van der Waals surface area contributed by atoms with Crippen LogP contribution in [0.2, 0.25) is 0 Å². The van der Waals surface area contributed by atoms with Gasteiger partial charge in [0.1, 0.15) is 0 Å². The molecule has 1 aliphatic rings. The number of carbonyl (C=O) groups is 1. The van der Waals surface area contributed by atoms with E-state index in [0.29, 0.717) is 12.3 Å². The maximum Gasteiger partial charge on any atom is 0.241 e. The third kappa shape index (κ3) is 5.96. The lowest BCUT2D eigenvalue weighted by molar-refractivity contribution is -0.121. The molecule has 1 aromatic carbocycles. The fourth-order valence-electron chi connectivity index (χ4n) is 2.90. The average molecular weight is 330 g/mol. The summed E-state index contributed by atoms with van der Waals surface area (Å²) in [6, 6.07) is 10.5. The number of hydrogen-bond donors (Lipinski definition) is 1. The van der Waals surface area contributed by atoms with E-state index in [-0.39, 0.29) is 5.91 Å². The van der Waals surface area contributed by atoms with Crippen molar-refractivity contribution in [3.63, 3.8) is 0 Å². The zero-order valence-electron chi connectivity index (χ0n) is 14.9. The van der Waals surface area contributed by atoms with Crippen LogP contribution in [0.5, 0.6) is 0 Å². The smallest absolute Gasteiger partial charge is 0.241 e. The summed E-state index contributed by atoms with van der Waals surface area (Å²) in [6.07, 6.45) is 4.48. The molecule has 1 fully saturated rings. The van der Waals surface area contributed by atoms with Crippen LogP contribution < -0.4 is 10.3 Å². The molecule has 24 heavy (non-hydrogen) atoms. The molecular formula is C19H30N4O. The van der Waals surface area contributed by atoms with Crippen molar-refractivity contribution < 1.29 is 4.79 Å². The minimum absolute atomic E-state index is 0.00250. The number of nitrogens with zero attached hydrogens (tertiary/aromatic N) is 3. The first-order valence-corrected chi connectivity index (χ1v) is 9.07. The Kier molecular flexibility index (Phi) is 7.75. The van der Waals surface area contributed by atoms with Gasteiger partial charge in [-0.2, -0.15) is 5.10 Å². The molecule has 0 spiro atoms. The summed E-state index contributed by atoms with van der Waals surface area (Å²) >= 11 is 0. The lowest BCUT2D eigenvalue weighted by Crippen LogP contribution is -2.47. The van der Waals surface area contributed by atoms with Crippen LogP contribution in [-0.4, -0.2) is 49.7 Å². The lowest BCUT2D eigenvalue weighted by atomic mass is 10.1. The van der Waals surface area contributed by atoms with Crippen LogP contribution in [0.3, 0.4) is 0 Å². The maximum absolute atomic E-state index is 11.9. The normalized spacial score (nSPS) is 16.0. The highest BCUT2D eigenvalue weighted by atomic mass is 16.2. The van der Waals surface area contributed by atoms with Crippen LogP contribution in [0.1, 0.15) is 33.1 Å². The number of nitrogens with one attached hydrogen (secondary N) is 1. The van der Waals surface area contributed by atoms with Gasteiger partial charge < -0.3 is 4.90 Å². The number of carbonyl (C=O) groups excluding carboxylic acids is 1. The summed E-state index contributed by atoms with van der Waals surface area (Å²) in [5, 5.41) is 4.08. The molecule has 1 N–H and O–H groups in total. The number of benzene rings is 1. The molecular weight excluding hydrogens is 300 g/mol. The molecule has 1 amide bonds. The molecule has 0 radical (unpaired) electrons. The Labute approximate surface area is 145 Å². The molecule has 0 atom stereocenters. The van der Waals surface area contributed by atoms with E-state index >= 15 is 0 Å². The molecule has 1 aliphatic heterocycles. The minimum atomic E-state index is 0.00250. The Hall–Kier alpha value is -1.88. The highest BCUT2D eigenvalue weighted by Gasteiger charge is 2.17. The van der Waals surface area contributed by atoms with Gasteiger partial charge in [-0.3, -0.25) is 9.69 Å². The third-order valence-electron chi connectivity index (χ3n) is 4.67. The van der Waals surface area contributed by atoms with Crippen molar-refractivity contribution in [3.8, 4) is 0 Å². The van der Waals surface area contributed by atoms with Gasteiger partial charge in [0.05, 0.1) is 0 Å². The molecule has 1 saturated heterocycles. The van der Waals surface area contributed by atoms with Gasteiger partial charge in [-0.05, 0) is 30.9 Å². The number of piperazine rings is 1. The minimum Gasteiger partial charge on any atom is -0.369 e. The van der Waals surface area contributed by atoms with Gasteiger partial charge in [0.25, 0.3) is 0 Å². The Balaban J connectivity index is 1.64. The van der Waals surface area contributed by atoms with Gasteiger partial charge in [-0.25, -0.2) is 5.43 Å². The zero-order valence-corrected chi connectivity index (χ0v) is 14.9. The van der Waals surface area contributed by atoms with Crippen LogP contribution in [-0.2, 0) is 4.79 Å². The number of hydrazone groups is 1. The van der Waals surface area contributed by atoms with Crippen molar-refractivity contribution in [1.29, 1.82) is 0 Å². The summed E-state index contributed by atoms with van der Waals surface area (Å²) in [4.78, 5) is 16.6. The Bertz CT molecular complexity index is 505. The monoisotopic (exact) mass is 330 g/mol. The van der Waals surface area contributed by atoms with Gasteiger partial charge in [0, 0.05) is 51.0 Å². The van der Waals surface area contributed by atoms with E-state index in [0.717, 1.165) is 45.6 Å². The fraction of sp³-hybridized carbons (Fsp3) is 0.579. The molecule has 5 heteroatoms. The highest BCUT2D eigenvalue weighted by Crippen LogP contribution is 2.15. The Morgan fingerprint density at radius 2 is 1.83 bits per heavy atom. The largest absolute Gasteiger partial charge is 0.369 e. The van der Waals surface area contributed by atoms with Crippen LogP contribution in [0.25, 0.3) is 0 Å². The number of para-hydroxylation sites is 1. The first-order valence-electron chi connectivity index (χ1n) is 9.07. The quantitative estimate of drug-likeness (QED) is 0.589. The second-order valence-corrected chi connectivity index (χ2v) is 6.30. The van der Waals surface area contributed by atoms with Crippen molar-refractivity contribution in [2.24, 2.45) is 11.0 Å². The van der Waals surface area contributed by atoms with Gasteiger partial charge in [-0.1, -0.05) is 32.0 Å². The van der Waals surface area contributed by atoms with Crippen LogP contribution in [0.4, 0.5) is 5.69 Å². The molecule has 0 aliphatic carbocycles. The first-order chi connectivity index (χ1) is 11.7. The van der Waals surface area contributed by atoms with Crippen LogP contribution in [0.15, 0.2) is 35.4 Å². The van der Waals surface area contributed by atoms with Gasteiger partial charge in [0.2, 0.25) is 5.91 Å². The van der Waals surface area contributed by atoms with E-state index < -0.39 is 0 Å². The van der Waals surface area contributed by atoms with E-state index in [1.165, 1.54) is 5.69 Å². The third-order valence-corrected chi connectivity index (χ3v) is 4.67. The van der Waals surface area contributed by atoms with Crippen molar-refractivity contribution in [2.45, 2.75) is 33.1 Å². The average Bonchev–Trinajstić information content (AvgIpc) is 2.65. The van der Waals surface area contributed by atoms with Crippen molar-refractivity contribution >= 4 is 17.8 Å². The predicted octanol–water partition coefficient (Wildman–Crippen LogP) is 2.74. The van der Waals surface area contributed by atoms with Crippen LogP contribution in [0, 0.1) is 5.92 Å².